The number of piperidine rings is 1. The summed E-state index contributed by atoms with van der Waals surface area (Å²) >= 11 is 11.9. The Bertz CT molecular complexity index is 589. The summed E-state index contributed by atoms with van der Waals surface area (Å²) in [5, 5.41) is 0. The van der Waals surface area contributed by atoms with E-state index in [1.165, 1.54) is 4.31 Å². The fraction of sp³-hybridized carbons (Fsp3) is 0.545. The molecule has 1 aliphatic heterocycles. The van der Waals surface area contributed by atoms with Crippen molar-refractivity contribution in [3.8, 4) is 0 Å². The zero-order valence-electron chi connectivity index (χ0n) is 10.4. The largest absolute Gasteiger partial charge is 0.393 e. The quantitative estimate of drug-likeness (QED) is 0.860. The molecule has 1 aliphatic rings. The number of hydrogen-bond acceptors (Lipinski definition) is 4. The van der Waals surface area contributed by atoms with Crippen molar-refractivity contribution in [3.05, 3.63) is 16.5 Å². The molecule has 1 aromatic rings. The van der Waals surface area contributed by atoms with Crippen molar-refractivity contribution in [1.29, 1.82) is 0 Å². The number of thiocarbonyl (C=S) groups is 1. The maximum Gasteiger partial charge on any atom is 0.252 e. The fourth-order valence-electron chi connectivity index (χ4n) is 2.03. The maximum atomic E-state index is 12.4. The Morgan fingerprint density at radius 3 is 2.47 bits per heavy atom. The molecule has 0 amide bonds. The number of rotatable bonds is 3. The number of halogens is 1. The predicted molar refractivity (Wildman–Crippen MR) is 82.2 cm³/mol. The van der Waals surface area contributed by atoms with Crippen LogP contribution in [-0.4, -0.2) is 30.8 Å². The molecular weight excluding hydrogens is 324 g/mol. The van der Waals surface area contributed by atoms with Gasteiger partial charge < -0.3 is 5.73 Å². The topological polar surface area (TPSA) is 63.4 Å². The smallest absolute Gasteiger partial charge is 0.252 e. The number of sulfonamides is 1. The number of thiophene rings is 1. The maximum absolute atomic E-state index is 12.4. The van der Waals surface area contributed by atoms with Crippen molar-refractivity contribution in [3.63, 3.8) is 0 Å². The molecule has 0 saturated carbocycles. The van der Waals surface area contributed by atoms with Crippen LogP contribution in [0.25, 0.3) is 0 Å². The summed E-state index contributed by atoms with van der Waals surface area (Å²) in [6, 6.07) is 3.14. The van der Waals surface area contributed by atoms with Crippen LogP contribution in [-0.2, 0) is 10.0 Å². The van der Waals surface area contributed by atoms with Crippen LogP contribution in [0.5, 0.6) is 0 Å². The van der Waals surface area contributed by atoms with Gasteiger partial charge in [0.2, 0.25) is 0 Å². The summed E-state index contributed by atoms with van der Waals surface area (Å²) in [6.45, 7) is 2.86. The fourth-order valence-corrected chi connectivity index (χ4v) is 5.31. The Morgan fingerprint density at radius 1 is 1.47 bits per heavy atom. The summed E-state index contributed by atoms with van der Waals surface area (Å²) in [5.41, 5.74) is 5.48. The molecule has 0 aromatic carbocycles. The highest BCUT2D eigenvalue weighted by Gasteiger charge is 2.37. The van der Waals surface area contributed by atoms with Gasteiger partial charge in [0.1, 0.15) is 4.21 Å². The van der Waals surface area contributed by atoms with E-state index in [0.29, 0.717) is 35.3 Å². The number of nitrogens with two attached hydrogens (primary N) is 1. The highest BCUT2D eigenvalue weighted by molar-refractivity contribution is 7.91. The molecule has 2 heterocycles. The Labute approximate surface area is 127 Å². The van der Waals surface area contributed by atoms with Gasteiger partial charge in [0.25, 0.3) is 10.0 Å². The molecule has 0 atom stereocenters. The van der Waals surface area contributed by atoms with Crippen LogP contribution in [0, 0.1) is 5.41 Å². The second-order valence-corrected chi connectivity index (χ2v) is 9.21. The first-order chi connectivity index (χ1) is 8.75. The first-order valence-electron chi connectivity index (χ1n) is 5.81. The number of nitrogens with zero attached hydrogens (tertiary/aromatic N) is 1. The van der Waals surface area contributed by atoms with Crippen LogP contribution in [0.15, 0.2) is 16.3 Å². The molecule has 2 rings (SSSR count). The minimum absolute atomic E-state index is 0.242. The van der Waals surface area contributed by atoms with Crippen molar-refractivity contribution >= 4 is 50.2 Å². The van der Waals surface area contributed by atoms with Crippen LogP contribution in [0.1, 0.15) is 19.8 Å². The van der Waals surface area contributed by atoms with Gasteiger partial charge in [-0.25, -0.2) is 8.42 Å². The molecule has 4 nitrogen and oxygen atoms in total. The second-order valence-electron chi connectivity index (χ2n) is 4.89. The van der Waals surface area contributed by atoms with E-state index in [9.17, 15) is 8.42 Å². The average Bonchev–Trinajstić information content (AvgIpc) is 2.77. The van der Waals surface area contributed by atoms with E-state index < -0.39 is 10.0 Å². The highest BCUT2D eigenvalue weighted by atomic mass is 35.5. The van der Waals surface area contributed by atoms with Crippen molar-refractivity contribution < 1.29 is 8.42 Å². The lowest BCUT2D eigenvalue weighted by atomic mass is 9.81. The highest BCUT2D eigenvalue weighted by Crippen LogP contribution is 2.35. The van der Waals surface area contributed by atoms with Gasteiger partial charge in [-0.3, -0.25) is 0 Å². The van der Waals surface area contributed by atoms with E-state index in [0.717, 1.165) is 11.3 Å². The van der Waals surface area contributed by atoms with Crippen LogP contribution in [0.3, 0.4) is 0 Å². The van der Waals surface area contributed by atoms with Gasteiger partial charge in [-0.1, -0.05) is 30.7 Å². The minimum Gasteiger partial charge on any atom is -0.393 e. The molecule has 0 bridgehead atoms. The Hall–Kier alpha value is -0.210. The van der Waals surface area contributed by atoms with Crippen molar-refractivity contribution in [2.45, 2.75) is 24.0 Å². The van der Waals surface area contributed by atoms with Gasteiger partial charge >= 0.3 is 0 Å². The lowest BCUT2D eigenvalue weighted by Gasteiger charge is -2.37. The zero-order chi connectivity index (χ0) is 14.3. The molecule has 19 heavy (non-hydrogen) atoms. The zero-order valence-corrected chi connectivity index (χ0v) is 13.6. The van der Waals surface area contributed by atoms with Crippen LogP contribution in [0.2, 0.25) is 4.34 Å². The average molecular weight is 339 g/mol. The van der Waals surface area contributed by atoms with E-state index >= 15 is 0 Å². The molecular formula is C11H15ClN2O2S3. The SMILES string of the molecule is CC1(C(N)=S)CCN(S(=O)(=O)c2ccc(Cl)s2)CC1. The molecule has 0 radical (unpaired) electrons. The standard InChI is InChI=1S/C11H15ClN2O2S3/c1-11(10(13)17)4-6-14(7-5-11)19(15,16)9-3-2-8(12)18-9/h2-3H,4-7H2,1H3,(H2,13,17). The Kier molecular flexibility index (Phi) is 4.23. The molecule has 1 aromatic heterocycles. The molecule has 0 aliphatic carbocycles. The molecule has 0 unspecified atom stereocenters. The first-order valence-corrected chi connectivity index (χ1v) is 8.85. The number of hydrogen-bond donors (Lipinski definition) is 1. The van der Waals surface area contributed by atoms with Crippen molar-refractivity contribution in [1.82, 2.24) is 4.31 Å². The van der Waals surface area contributed by atoms with Crippen LogP contribution < -0.4 is 5.73 Å². The summed E-state index contributed by atoms with van der Waals surface area (Å²) in [7, 11) is -3.43. The Balaban J connectivity index is 2.16. The lowest BCUT2D eigenvalue weighted by molar-refractivity contribution is 0.244. The van der Waals surface area contributed by atoms with Crippen molar-refractivity contribution in [2.75, 3.05) is 13.1 Å². The van der Waals surface area contributed by atoms with Crippen molar-refractivity contribution in [2.24, 2.45) is 11.1 Å². The van der Waals surface area contributed by atoms with Gasteiger partial charge in [0, 0.05) is 18.5 Å². The van der Waals surface area contributed by atoms with Gasteiger partial charge in [-0.15, -0.1) is 11.3 Å². The predicted octanol–water partition coefficient (Wildman–Crippen LogP) is 2.48. The van der Waals surface area contributed by atoms with E-state index in [4.69, 9.17) is 29.6 Å². The summed E-state index contributed by atoms with van der Waals surface area (Å²) in [6.07, 6.45) is 1.31. The monoisotopic (exact) mass is 338 g/mol. The van der Waals surface area contributed by atoms with E-state index in [-0.39, 0.29) is 9.62 Å². The summed E-state index contributed by atoms with van der Waals surface area (Å²) in [4.78, 5) is 0.462. The third-order valence-electron chi connectivity index (χ3n) is 3.56. The Morgan fingerprint density at radius 2 is 2.05 bits per heavy atom. The summed E-state index contributed by atoms with van der Waals surface area (Å²) in [5.74, 6) is 0. The third-order valence-corrected chi connectivity index (χ3v) is 7.65. The normalized spacial score (nSPS) is 20.3. The molecule has 2 N–H and O–H groups in total. The van der Waals surface area contributed by atoms with Crippen LogP contribution >= 0.6 is 35.2 Å². The van der Waals surface area contributed by atoms with E-state index in [2.05, 4.69) is 0 Å². The molecule has 1 fully saturated rings. The van der Waals surface area contributed by atoms with E-state index in [1.807, 2.05) is 6.92 Å². The second kappa shape index (κ2) is 5.29. The van der Waals surface area contributed by atoms with Gasteiger partial charge in [-0.05, 0) is 25.0 Å². The third kappa shape index (κ3) is 2.95. The molecule has 0 spiro atoms. The lowest BCUT2D eigenvalue weighted by Crippen LogP contribution is -2.46. The van der Waals surface area contributed by atoms with E-state index in [1.54, 1.807) is 12.1 Å². The minimum atomic E-state index is -3.43. The summed E-state index contributed by atoms with van der Waals surface area (Å²) < 4.78 is 27.0. The van der Waals surface area contributed by atoms with Gasteiger partial charge in [0.05, 0.1) is 9.32 Å². The van der Waals surface area contributed by atoms with Gasteiger partial charge in [0.15, 0.2) is 0 Å². The molecule has 1 saturated heterocycles. The van der Waals surface area contributed by atoms with Crippen LogP contribution in [0.4, 0.5) is 0 Å². The molecule has 8 heteroatoms. The van der Waals surface area contributed by atoms with Gasteiger partial charge in [-0.2, -0.15) is 4.31 Å². The first kappa shape index (κ1) is 15.2. The molecule has 106 valence electrons.